The van der Waals surface area contributed by atoms with Gasteiger partial charge in [-0.3, -0.25) is 9.59 Å². The monoisotopic (exact) mass is 417 g/mol. The van der Waals surface area contributed by atoms with Gasteiger partial charge >= 0.3 is 0 Å². The molecule has 0 bridgehead atoms. The van der Waals surface area contributed by atoms with E-state index in [1.807, 2.05) is 24.3 Å². The van der Waals surface area contributed by atoms with Crippen LogP contribution >= 0.6 is 0 Å². The smallest absolute Gasteiger partial charge is 0.257 e. The number of rotatable bonds is 4. The second kappa shape index (κ2) is 7.46. The fourth-order valence-corrected chi connectivity index (χ4v) is 4.09. The normalized spacial score (nSPS) is 17.3. The van der Waals surface area contributed by atoms with Gasteiger partial charge in [0, 0.05) is 12.2 Å². The van der Waals surface area contributed by atoms with Crippen LogP contribution in [0, 0.1) is 12.7 Å². The van der Waals surface area contributed by atoms with E-state index >= 15 is 0 Å². The molecule has 8 heteroatoms. The summed E-state index contributed by atoms with van der Waals surface area (Å²) in [6.45, 7) is 2.74. The van der Waals surface area contributed by atoms with E-state index in [1.54, 1.807) is 19.1 Å². The summed E-state index contributed by atoms with van der Waals surface area (Å²) in [7, 11) is 0. The number of fused-ring (bicyclic) bond motifs is 1. The summed E-state index contributed by atoms with van der Waals surface area (Å²) in [4.78, 5) is 33.3. The van der Waals surface area contributed by atoms with Crippen LogP contribution in [0.5, 0.6) is 0 Å². The summed E-state index contributed by atoms with van der Waals surface area (Å²) in [5.74, 6) is -0.234. The van der Waals surface area contributed by atoms with Crippen molar-refractivity contribution in [1.82, 2.24) is 20.6 Å². The summed E-state index contributed by atoms with van der Waals surface area (Å²) in [6, 6.07) is 12.3. The Morgan fingerprint density at radius 1 is 1.03 bits per heavy atom. The van der Waals surface area contributed by atoms with Crippen molar-refractivity contribution in [1.29, 1.82) is 0 Å². The molecule has 2 aliphatic heterocycles. The van der Waals surface area contributed by atoms with E-state index in [2.05, 4.69) is 25.9 Å². The highest BCUT2D eigenvalue weighted by Crippen LogP contribution is 2.31. The van der Waals surface area contributed by atoms with E-state index in [4.69, 9.17) is 0 Å². The van der Waals surface area contributed by atoms with Crippen molar-refractivity contribution in [3.63, 3.8) is 0 Å². The van der Waals surface area contributed by atoms with Crippen LogP contribution in [0.25, 0.3) is 11.4 Å². The molecule has 5 rings (SSSR count). The predicted octanol–water partition coefficient (Wildman–Crippen LogP) is 3.18. The maximum Gasteiger partial charge on any atom is 0.257 e. The zero-order valence-electron chi connectivity index (χ0n) is 16.8. The third kappa shape index (κ3) is 3.39. The Bertz CT molecular complexity index is 1190. The van der Waals surface area contributed by atoms with E-state index in [0.717, 1.165) is 12.0 Å². The van der Waals surface area contributed by atoms with Crippen molar-refractivity contribution in [2.45, 2.75) is 25.8 Å². The third-order valence-corrected chi connectivity index (χ3v) is 5.70. The van der Waals surface area contributed by atoms with Gasteiger partial charge < -0.3 is 16.0 Å². The highest BCUT2D eigenvalue weighted by Gasteiger charge is 2.28. The molecule has 7 nitrogen and oxygen atoms in total. The topological polar surface area (TPSA) is 96.0 Å². The van der Waals surface area contributed by atoms with Gasteiger partial charge in [-0.15, -0.1) is 0 Å². The molecule has 1 aromatic heterocycles. The number of aromatic nitrogens is 2. The summed E-state index contributed by atoms with van der Waals surface area (Å²) in [6.07, 6.45) is 0.774. The Morgan fingerprint density at radius 3 is 2.55 bits per heavy atom. The number of hydrogen-bond acceptors (Lipinski definition) is 5. The minimum atomic E-state index is -0.414. The lowest BCUT2D eigenvalue weighted by Gasteiger charge is -2.13. The van der Waals surface area contributed by atoms with Gasteiger partial charge in [0.25, 0.3) is 5.91 Å². The first kappa shape index (κ1) is 19.2. The molecule has 0 radical (unpaired) electrons. The van der Waals surface area contributed by atoms with Gasteiger partial charge in [-0.2, -0.15) is 0 Å². The van der Waals surface area contributed by atoms with Gasteiger partial charge in [0.1, 0.15) is 17.2 Å². The van der Waals surface area contributed by atoms with Crippen LogP contribution in [0.2, 0.25) is 0 Å². The van der Waals surface area contributed by atoms with Gasteiger partial charge in [0.2, 0.25) is 5.91 Å². The molecular formula is C23H20FN5O2. The fourth-order valence-electron chi connectivity index (χ4n) is 4.09. The van der Waals surface area contributed by atoms with E-state index in [1.165, 1.54) is 6.07 Å². The average Bonchev–Trinajstić information content (AvgIpc) is 3.34. The Kier molecular flexibility index (Phi) is 4.62. The van der Waals surface area contributed by atoms with E-state index in [9.17, 15) is 14.0 Å². The SMILES string of the molecule is Cc1cccc(F)c1-c1nc2c(c(Nc3ccc(C4CCNC4=O)cc3)n1)C(=O)NC2. The number of hydrogen-bond donors (Lipinski definition) is 3. The number of nitrogens with zero attached hydrogens (tertiary/aromatic N) is 2. The Morgan fingerprint density at radius 2 is 1.84 bits per heavy atom. The number of anilines is 2. The molecule has 31 heavy (non-hydrogen) atoms. The zero-order chi connectivity index (χ0) is 21.5. The molecule has 1 unspecified atom stereocenters. The standard InChI is InChI=1S/C23H20FN5O2/c1-12-3-2-4-16(24)18(12)20-28-17-11-26-23(31)19(17)21(29-20)27-14-7-5-13(6-8-14)15-9-10-25-22(15)30/h2-8,15H,9-11H2,1H3,(H,25,30)(H,26,31)(H,27,28,29). The van der Waals surface area contributed by atoms with Crippen molar-refractivity contribution in [2.24, 2.45) is 0 Å². The molecule has 1 fully saturated rings. The van der Waals surface area contributed by atoms with Crippen molar-refractivity contribution in [3.05, 3.63) is 70.7 Å². The molecule has 2 aromatic carbocycles. The van der Waals surface area contributed by atoms with Crippen LogP contribution in [-0.2, 0) is 11.3 Å². The Balaban J connectivity index is 1.52. The molecule has 0 aliphatic carbocycles. The molecule has 3 aromatic rings. The molecular weight excluding hydrogens is 397 g/mol. The molecule has 1 saturated heterocycles. The van der Waals surface area contributed by atoms with Gasteiger partial charge in [0.15, 0.2) is 5.82 Å². The van der Waals surface area contributed by atoms with Crippen LogP contribution in [0.15, 0.2) is 42.5 Å². The maximum atomic E-state index is 14.5. The fraction of sp³-hybridized carbons (Fsp3) is 0.217. The van der Waals surface area contributed by atoms with Gasteiger partial charge in [-0.25, -0.2) is 14.4 Å². The van der Waals surface area contributed by atoms with Crippen LogP contribution in [0.1, 0.15) is 39.5 Å². The molecule has 0 spiro atoms. The number of nitrogens with one attached hydrogen (secondary N) is 3. The largest absolute Gasteiger partial charge is 0.356 e. The van der Waals surface area contributed by atoms with Gasteiger partial charge in [0.05, 0.1) is 23.7 Å². The lowest BCUT2D eigenvalue weighted by atomic mass is 9.97. The lowest BCUT2D eigenvalue weighted by molar-refractivity contribution is -0.120. The molecule has 3 heterocycles. The van der Waals surface area contributed by atoms with Gasteiger partial charge in [-0.05, 0) is 42.7 Å². The van der Waals surface area contributed by atoms with Crippen molar-refractivity contribution in [2.75, 3.05) is 11.9 Å². The number of halogens is 1. The molecule has 156 valence electrons. The zero-order valence-corrected chi connectivity index (χ0v) is 16.8. The second-order valence-electron chi connectivity index (χ2n) is 7.71. The average molecular weight is 417 g/mol. The molecule has 2 amide bonds. The molecule has 3 N–H and O–H groups in total. The molecule has 2 aliphatic rings. The number of benzene rings is 2. The highest BCUT2D eigenvalue weighted by molar-refractivity contribution is 6.03. The number of carbonyl (C=O) groups is 2. The second-order valence-corrected chi connectivity index (χ2v) is 7.71. The summed E-state index contributed by atoms with van der Waals surface area (Å²) >= 11 is 0. The van der Waals surface area contributed by atoms with E-state index < -0.39 is 5.82 Å². The first-order valence-corrected chi connectivity index (χ1v) is 10.1. The van der Waals surface area contributed by atoms with E-state index in [0.29, 0.717) is 40.4 Å². The quantitative estimate of drug-likeness (QED) is 0.606. The third-order valence-electron chi connectivity index (χ3n) is 5.70. The van der Waals surface area contributed by atoms with Gasteiger partial charge in [-0.1, -0.05) is 24.3 Å². The first-order valence-electron chi connectivity index (χ1n) is 10.1. The van der Waals surface area contributed by atoms with Crippen molar-refractivity contribution < 1.29 is 14.0 Å². The minimum Gasteiger partial charge on any atom is -0.356 e. The predicted molar refractivity (Wildman–Crippen MR) is 113 cm³/mol. The molecule has 0 saturated carbocycles. The minimum absolute atomic E-state index is 0.0379. The van der Waals surface area contributed by atoms with Crippen LogP contribution in [0.3, 0.4) is 0 Å². The number of carbonyl (C=O) groups excluding carboxylic acids is 2. The summed E-state index contributed by atoms with van der Waals surface area (Å²) in [5.41, 5.74) is 3.56. The maximum absolute atomic E-state index is 14.5. The number of amides is 2. The van der Waals surface area contributed by atoms with Crippen molar-refractivity contribution in [3.8, 4) is 11.4 Å². The first-order chi connectivity index (χ1) is 15.0. The van der Waals surface area contributed by atoms with Crippen LogP contribution in [-0.4, -0.2) is 28.3 Å². The summed E-state index contributed by atoms with van der Waals surface area (Å²) < 4.78 is 14.5. The Hall–Kier alpha value is -3.81. The Labute approximate surface area is 178 Å². The van der Waals surface area contributed by atoms with Crippen LogP contribution in [0.4, 0.5) is 15.9 Å². The number of aryl methyl sites for hydroxylation is 1. The van der Waals surface area contributed by atoms with Crippen LogP contribution < -0.4 is 16.0 Å². The lowest BCUT2D eigenvalue weighted by Crippen LogP contribution is -2.17. The highest BCUT2D eigenvalue weighted by atomic mass is 19.1. The van der Waals surface area contributed by atoms with Crippen molar-refractivity contribution >= 4 is 23.3 Å². The molecule has 1 atom stereocenters. The summed E-state index contributed by atoms with van der Waals surface area (Å²) in [5, 5.41) is 8.77. The van der Waals surface area contributed by atoms with E-state index in [-0.39, 0.29) is 30.1 Å².